The lowest BCUT2D eigenvalue weighted by Gasteiger charge is -2.30. The summed E-state index contributed by atoms with van der Waals surface area (Å²) in [5, 5.41) is 2.72. The molecule has 0 saturated heterocycles. The van der Waals surface area contributed by atoms with E-state index in [9.17, 15) is 4.79 Å². The summed E-state index contributed by atoms with van der Waals surface area (Å²) in [6.07, 6.45) is 8.91. The lowest BCUT2D eigenvalue weighted by molar-refractivity contribution is -0.110. The SMILES string of the molecule is C=CCC(CC=C)(CC=C)CNC=O. The number of carbonyl (C=O) groups is 1. The zero-order valence-electron chi connectivity index (χ0n) is 8.67. The van der Waals surface area contributed by atoms with E-state index in [0.29, 0.717) is 6.54 Å². The number of hydrogen-bond acceptors (Lipinski definition) is 1. The van der Waals surface area contributed by atoms with Gasteiger partial charge in [-0.05, 0) is 24.7 Å². The first-order chi connectivity index (χ1) is 6.74. The standard InChI is InChI=1S/C12H19NO/c1-4-7-12(8-5-2,9-6-3)10-13-11-14/h4-6,11H,1-3,7-10H2,(H,13,14). The Morgan fingerprint density at radius 2 is 1.43 bits per heavy atom. The molecular weight excluding hydrogens is 174 g/mol. The van der Waals surface area contributed by atoms with Crippen LogP contribution in [0.2, 0.25) is 0 Å². The highest BCUT2D eigenvalue weighted by Gasteiger charge is 2.25. The molecule has 0 aromatic heterocycles. The van der Waals surface area contributed by atoms with E-state index in [4.69, 9.17) is 0 Å². The first-order valence-corrected chi connectivity index (χ1v) is 4.74. The molecule has 0 bridgehead atoms. The van der Waals surface area contributed by atoms with Crippen LogP contribution in [0.3, 0.4) is 0 Å². The molecule has 0 aliphatic carbocycles. The summed E-state index contributed by atoms with van der Waals surface area (Å²) in [6.45, 7) is 11.8. The van der Waals surface area contributed by atoms with Crippen LogP contribution in [-0.4, -0.2) is 13.0 Å². The van der Waals surface area contributed by atoms with Crippen molar-refractivity contribution in [1.29, 1.82) is 0 Å². The maximum Gasteiger partial charge on any atom is 0.207 e. The zero-order chi connectivity index (χ0) is 10.9. The van der Waals surface area contributed by atoms with Gasteiger partial charge in [0.1, 0.15) is 0 Å². The second-order valence-electron chi connectivity index (χ2n) is 3.48. The largest absolute Gasteiger partial charge is 0.358 e. The molecule has 0 aromatic carbocycles. The molecule has 2 nitrogen and oxygen atoms in total. The van der Waals surface area contributed by atoms with Crippen molar-refractivity contribution >= 4 is 6.41 Å². The molecule has 0 atom stereocenters. The van der Waals surface area contributed by atoms with Crippen LogP contribution in [0.25, 0.3) is 0 Å². The van der Waals surface area contributed by atoms with Crippen LogP contribution >= 0.6 is 0 Å². The molecule has 14 heavy (non-hydrogen) atoms. The summed E-state index contributed by atoms with van der Waals surface area (Å²) in [5.74, 6) is 0. The number of rotatable bonds is 9. The van der Waals surface area contributed by atoms with Crippen molar-refractivity contribution < 1.29 is 4.79 Å². The second kappa shape index (κ2) is 7.13. The Morgan fingerprint density at radius 3 is 1.71 bits per heavy atom. The van der Waals surface area contributed by atoms with E-state index in [1.807, 2.05) is 18.2 Å². The fourth-order valence-corrected chi connectivity index (χ4v) is 1.64. The Balaban J connectivity index is 4.50. The van der Waals surface area contributed by atoms with E-state index in [1.54, 1.807) is 0 Å². The molecule has 0 heterocycles. The molecule has 1 amide bonds. The highest BCUT2D eigenvalue weighted by Crippen LogP contribution is 2.31. The summed E-state index contributed by atoms with van der Waals surface area (Å²) in [7, 11) is 0. The molecule has 78 valence electrons. The maximum absolute atomic E-state index is 10.3. The van der Waals surface area contributed by atoms with Crippen molar-refractivity contribution in [3.63, 3.8) is 0 Å². The van der Waals surface area contributed by atoms with Crippen molar-refractivity contribution in [3.8, 4) is 0 Å². The average molecular weight is 193 g/mol. The number of carbonyl (C=O) groups excluding carboxylic acids is 1. The van der Waals surface area contributed by atoms with Crippen molar-refractivity contribution in [2.45, 2.75) is 19.3 Å². The fraction of sp³-hybridized carbons (Fsp3) is 0.417. The topological polar surface area (TPSA) is 29.1 Å². The van der Waals surface area contributed by atoms with Gasteiger partial charge in [0.15, 0.2) is 0 Å². The van der Waals surface area contributed by atoms with Gasteiger partial charge in [0.25, 0.3) is 0 Å². The lowest BCUT2D eigenvalue weighted by atomic mass is 9.78. The highest BCUT2D eigenvalue weighted by molar-refractivity contribution is 5.46. The minimum absolute atomic E-state index is 0.00611. The van der Waals surface area contributed by atoms with Gasteiger partial charge < -0.3 is 5.32 Å². The van der Waals surface area contributed by atoms with Crippen molar-refractivity contribution in [2.24, 2.45) is 5.41 Å². The average Bonchev–Trinajstić information content (AvgIpc) is 2.16. The van der Waals surface area contributed by atoms with Crippen LogP contribution in [0.1, 0.15) is 19.3 Å². The molecular formula is C12H19NO. The minimum Gasteiger partial charge on any atom is -0.358 e. The molecule has 0 aromatic rings. The van der Waals surface area contributed by atoms with E-state index >= 15 is 0 Å². The summed E-state index contributed by atoms with van der Waals surface area (Å²) >= 11 is 0. The molecule has 0 saturated carbocycles. The number of allylic oxidation sites excluding steroid dienone is 3. The van der Waals surface area contributed by atoms with Gasteiger partial charge in [-0.3, -0.25) is 4.79 Å². The highest BCUT2D eigenvalue weighted by atomic mass is 16.1. The predicted molar refractivity (Wildman–Crippen MR) is 60.9 cm³/mol. The molecule has 2 heteroatoms. The van der Waals surface area contributed by atoms with Gasteiger partial charge >= 0.3 is 0 Å². The predicted octanol–water partition coefficient (Wildman–Crippen LogP) is 2.45. The maximum atomic E-state index is 10.3. The quantitative estimate of drug-likeness (QED) is 0.442. The molecule has 0 spiro atoms. The third-order valence-electron chi connectivity index (χ3n) is 2.29. The van der Waals surface area contributed by atoms with Gasteiger partial charge in [-0.1, -0.05) is 18.2 Å². The van der Waals surface area contributed by atoms with E-state index in [0.717, 1.165) is 25.7 Å². The molecule has 0 unspecified atom stereocenters. The smallest absolute Gasteiger partial charge is 0.207 e. The van der Waals surface area contributed by atoms with E-state index < -0.39 is 0 Å². The number of hydrogen-bond donors (Lipinski definition) is 1. The summed E-state index contributed by atoms with van der Waals surface area (Å²) < 4.78 is 0. The number of nitrogens with one attached hydrogen (secondary N) is 1. The van der Waals surface area contributed by atoms with Crippen LogP contribution in [0, 0.1) is 5.41 Å². The van der Waals surface area contributed by atoms with Crippen molar-refractivity contribution in [1.82, 2.24) is 5.32 Å². The second-order valence-corrected chi connectivity index (χ2v) is 3.48. The summed E-state index contributed by atoms with van der Waals surface area (Å²) in [4.78, 5) is 10.3. The third kappa shape index (κ3) is 4.08. The van der Waals surface area contributed by atoms with Crippen LogP contribution < -0.4 is 5.32 Å². The summed E-state index contributed by atoms with van der Waals surface area (Å²) in [5.41, 5.74) is 0.00611. The van der Waals surface area contributed by atoms with Gasteiger partial charge in [-0.2, -0.15) is 0 Å². The van der Waals surface area contributed by atoms with Crippen LogP contribution in [0.5, 0.6) is 0 Å². The van der Waals surface area contributed by atoms with Gasteiger partial charge in [-0.15, -0.1) is 19.7 Å². The van der Waals surface area contributed by atoms with Gasteiger partial charge in [0.05, 0.1) is 0 Å². The first kappa shape index (κ1) is 12.7. The van der Waals surface area contributed by atoms with E-state index in [-0.39, 0.29) is 5.41 Å². The van der Waals surface area contributed by atoms with Crippen molar-refractivity contribution in [2.75, 3.05) is 6.54 Å². The molecule has 0 rings (SSSR count). The Bertz CT molecular complexity index is 182. The third-order valence-corrected chi connectivity index (χ3v) is 2.29. The van der Waals surface area contributed by atoms with Crippen LogP contribution in [-0.2, 0) is 4.79 Å². The normalized spacial score (nSPS) is 10.3. The Labute approximate surface area is 86.4 Å². The Morgan fingerprint density at radius 1 is 1.00 bits per heavy atom. The molecule has 0 aliphatic rings. The first-order valence-electron chi connectivity index (χ1n) is 4.74. The molecule has 0 radical (unpaired) electrons. The van der Waals surface area contributed by atoms with E-state index in [2.05, 4.69) is 25.1 Å². The van der Waals surface area contributed by atoms with Gasteiger partial charge in [-0.25, -0.2) is 0 Å². The van der Waals surface area contributed by atoms with Gasteiger partial charge in [0.2, 0.25) is 6.41 Å². The lowest BCUT2D eigenvalue weighted by Crippen LogP contribution is -2.32. The van der Waals surface area contributed by atoms with Gasteiger partial charge in [0, 0.05) is 6.54 Å². The van der Waals surface area contributed by atoms with Crippen molar-refractivity contribution in [3.05, 3.63) is 38.0 Å². The molecule has 1 N–H and O–H groups in total. The monoisotopic (exact) mass is 193 g/mol. The van der Waals surface area contributed by atoms with Crippen LogP contribution in [0.4, 0.5) is 0 Å². The number of amides is 1. The van der Waals surface area contributed by atoms with E-state index in [1.165, 1.54) is 0 Å². The fourth-order valence-electron chi connectivity index (χ4n) is 1.64. The molecule has 0 fully saturated rings. The zero-order valence-corrected chi connectivity index (χ0v) is 8.67. The van der Waals surface area contributed by atoms with Crippen LogP contribution in [0.15, 0.2) is 38.0 Å². The Kier molecular flexibility index (Phi) is 6.46. The molecule has 0 aliphatic heterocycles. The minimum atomic E-state index is 0.00611. The Hall–Kier alpha value is -1.31. The summed E-state index contributed by atoms with van der Waals surface area (Å²) in [6, 6.07) is 0.